The van der Waals surface area contributed by atoms with Crippen LogP contribution >= 0.6 is 11.3 Å². The normalized spacial score (nSPS) is 19.8. The summed E-state index contributed by atoms with van der Waals surface area (Å²) in [6, 6.07) is 7.84. The number of nitrogens with zero attached hydrogens (tertiary/aromatic N) is 2. The van der Waals surface area contributed by atoms with E-state index in [0.717, 1.165) is 42.9 Å². The lowest BCUT2D eigenvalue weighted by molar-refractivity contribution is 0.0825. The van der Waals surface area contributed by atoms with Gasteiger partial charge in [0.15, 0.2) is 0 Å². The first-order valence-corrected chi connectivity index (χ1v) is 9.88. The monoisotopic (exact) mass is 357 g/mol. The fourth-order valence-corrected chi connectivity index (χ4v) is 3.73. The van der Waals surface area contributed by atoms with Crippen molar-refractivity contribution < 1.29 is 9.53 Å². The number of nitrogens with one attached hydrogen (secondary N) is 1. The highest BCUT2D eigenvalue weighted by molar-refractivity contribution is 7.07. The Bertz CT molecular complexity index is 692. The Hall–Kier alpha value is -1.92. The molecule has 1 saturated heterocycles. The minimum absolute atomic E-state index is 0.0243. The summed E-state index contributed by atoms with van der Waals surface area (Å²) >= 11 is 1.58. The van der Waals surface area contributed by atoms with Gasteiger partial charge in [0.2, 0.25) is 0 Å². The summed E-state index contributed by atoms with van der Waals surface area (Å²) in [6.07, 6.45) is 4.81. The average molecular weight is 357 g/mol. The fourth-order valence-electron chi connectivity index (χ4n) is 3.17. The third-order valence-corrected chi connectivity index (χ3v) is 5.36. The minimum Gasteiger partial charge on any atom is -0.376 e. The molecule has 2 aliphatic rings. The third kappa shape index (κ3) is 4.38. The molecule has 0 bridgehead atoms. The molecule has 1 aliphatic carbocycles. The largest absolute Gasteiger partial charge is 0.376 e. The molecule has 0 spiro atoms. The Labute approximate surface area is 152 Å². The zero-order valence-electron chi connectivity index (χ0n) is 14.2. The van der Waals surface area contributed by atoms with Crippen LogP contribution in [0.15, 0.2) is 35.2 Å². The van der Waals surface area contributed by atoms with Crippen LogP contribution < -0.4 is 5.32 Å². The molecule has 0 unspecified atom stereocenters. The highest BCUT2D eigenvalue weighted by Crippen LogP contribution is 2.30. The van der Waals surface area contributed by atoms with Gasteiger partial charge in [0.1, 0.15) is 0 Å². The highest BCUT2D eigenvalue weighted by atomic mass is 32.1. The number of carbonyl (C=O) groups is 1. The fraction of sp³-hybridized carbons (Fsp3) is 0.474. The lowest BCUT2D eigenvalue weighted by Crippen LogP contribution is -2.41. The van der Waals surface area contributed by atoms with E-state index in [-0.39, 0.29) is 12.1 Å². The number of urea groups is 1. The van der Waals surface area contributed by atoms with Gasteiger partial charge in [0, 0.05) is 36.3 Å². The number of thiazole rings is 1. The zero-order chi connectivity index (χ0) is 17.1. The summed E-state index contributed by atoms with van der Waals surface area (Å²) in [5, 5.41) is 5.06. The van der Waals surface area contributed by atoms with Crippen LogP contribution in [0.5, 0.6) is 0 Å². The molecule has 4 rings (SSSR count). The Kier molecular flexibility index (Phi) is 4.99. The number of ether oxygens (including phenoxy) is 1. The molecule has 1 aromatic carbocycles. The van der Waals surface area contributed by atoms with Crippen LogP contribution in [0.25, 0.3) is 11.3 Å². The molecule has 2 amide bonds. The molecule has 1 atom stereocenters. The summed E-state index contributed by atoms with van der Waals surface area (Å²) in [4.78, 5) is 19.0. The van der Waals surface area contributed by atoms with E-state index in [4.69, 9.17) is 4.74 Å². The van der Waals surface area contributed by atoms with Gasteiger partial charge >= 0.3 is 6.03 Å². The van der Waals surface area contributed by atoms with Crippen LogP contribution in [0.3, 0.4) is 0 Å². The molecule has 1 N–H and O–H groups in total. The van der Waals surface area contributed by atoms with Crippen LogP contribution in [-0.4, -0.2) is 41.7 Å². The van der Waals surface area contributed by atoms with Gasteiger partial charge in [-0.25, -0.2) is 9.78 Å². The standard InChI is InChI=1S/C19H23N3O2S/c23-19(22(10-14-3-4-14)11-17-2-1-9-24-17)21-16-7-5-15(6-8-16)18-12-25-13-20-18/h5-8,12-14,17H,1-4,9-11H2,(H,21,23)/t17-/m1/s1. The maximum Gasteiger partial charge on any atom is 0.321 e. The molecule has 25 heavy (non-hydrogen) atoms. The van der Waals surface area contributed by atoms with E-state index >= 15 is 0 Å². The number of aromatic nitrogens is 1. The maximum absolute atomic E-state index is 12.7. The molecule has 1 aliphatic heterocycles. The summed E-state index contributed by atoms with van der Waals surface area (Å²) in [6.45, 7) is 2.35. The number of anilines is 1. The first-order chi connectivity index (χ1) is 12.3. The lowest BCUT2D eigenvalue weighted by atomic mass is 10.1. The second-order valence-corrected chi connectivity index (χ2v) is 7.58. The van der Waals surface area contributed by atoms with Crippen molar-refractivity contribution >= 4 is 23.1 Å². The smallest absolute Gasteiger partial charge is 0.321 e. The number of amides is 2. The summed E-state index contributed by atoms with van der Waals surface area (Å²) in [7, 11) is 0. The van der Waals surface area contributed by atoms with Crippen molar-refractivity contribution in [3.05, 3.63) is 35.2 Å². The first kappa shape index (κ1) is 16.5. The molecular weight excluding hydrogens is 334 g/mol. The highest BCUT2D eigenvalue weighted by Gasteiger charge is 2.29. The topological polar surface area (TPSA) is 54.5 Å². The molecule has 2 heterocycles. The second-order valence-electron chi connectivity index (χ2n) is 6.86. The van der Waals surface area contributed by atoms with Gasteiger partial charge in [0.25, 0.3) is 0 Å². The van der Waals surface area contributed by atoms with E-state index < -0.39 is 0 Å². The Balaban J connectivity index is 1.39. The SMILES string of the molecule is O=C(Nc1ccc(-c2cscn2)cc1)N(CC1CC1)C[C@H]1CCCO1. The Morgan fingerprint density at radius 3 is 2.72 bits per heavy atom. The lowest BCUT2D eigenvalue weighted by Gasteiger charge is -2.25. The van der Waals surface area contributed by atoms with Gasteiger partial charge in [-0.2, -0.15) is 0 Å². The van der Waals surface area contributed by atoms with E-state index in [0.29, 0.717) is 12.5 Å². The van der Waals surface area contributed by atoms with E-state index in [9.17, 15) is 4.79 Å². The van der Waals surface area contributed by atoms with Crippen LogP contribution in [0.2, 0.25) is 0 Å². The van der Waals surface area contributed by atoms with Crippen molar-refractivity contribution in [3.63, 3.8) is 0 Å². The molecule has 132 valence electrons. The summed E-state index contributed by atoms with van der Waals surface area (Å²) < 4.78 is 5.72. The quantitative estimate of drug-likeness (QED) is 0.841. The Morgan fingerprint density at radius 2 is 2.08 bits per heavy atom. The van der Waals surface area contributed by atoms with Crippen LogP contribution in [0.1, 0.15) is 25.7 Å². The molecule has 6 heteroatoms. The number of hydrogen-bond donors (Lipinski definition) is 1. The van der Waals surface area contributed by atoms with Crippen LogP contribution in [0, 0.1) is 5.92 Å². The average Bonchev–Trinajstić information content (AvgIpc) is 3.08. The number of carbonyl (C=O) groups excluding carboxylic acids is 1. The molecule has 5 nitrogen and oxygen atoms in total. The summed E-state index contributed by atoms with van der Waals surface area (Å²) in [5.41, 5.74) is 4.67. The molecule has 2 aromatic rings. The minimum atomic E-state index is -0.0243. The van der Waals surface area contributed by atoms with Crippen LogP contribution in [-0.2, 0) is 4.74 Å². The van der Waals surface area contributed by atoms with E-state index in [1.807, 2.05) is 40.1 Å². The molecule has 2 fully saturated rings. The first-order valence-electron chi connectivity index (χ1n) is 8.94. The van der Waals surface area contributed by atoms with Crippen LogP contribution in [0.4, 0.5) is 10.5 Å². The maximum atomic E-state index is 12.7. The van der Waals surface area contributed by atoms with E-state index in [1.54, 1.807) is 11.3 Å². The summed E-state index contributed by atoms with van der Waals surface area (Å²) in [5.74, 6) is 0.666. The number of rotatable bonds is 6. The number of hydrogen-bond acceptors (Lipinski definition) is 4. The van der Waals surface area contributed by atoms with Gasteiger partial charge < -0.3 is 15.0 Å². The van der Waals surface area contributed by atoms with Gasteiger partial charge in [-0.1, -0.05) is 12.1 Å². The zero-order valence-corrected chi connectivity index (χ0v) is 15.0. The van der Waals surface area contributed by atoms with Gasteiger partial charge in [-0.3, -0.25) is 0 Å². The van der Waals surface area contributed by atoms with E-state index in [1.165, 1.54) is 12.8 Å². The predicted molar refractivity (Wildman–Crippen MR) is 99.8 cm³/mol. The molecule has 1 aromatic heterocycles. The third-order valence-electron chi connectivity index (χ3n) is 4.77. The molecular formula is C19H23N3O2S. The van der Waals surface area contributed by atoms with Crippen molar-refractivity contribution in [2.45, 2.75) is 31.8 Å². The van der Waals surface area contributed by atoms with Crippen molar-refractivity contribution in [3.8, 4) is 11.3 Å². The van der Waals surface area contributed by atoms with Crippen molar-refractivity contribution in [2.75, 3.05) is 25.0 Å². The van der Waals surface area contributed by atoms with Gasteiger partial charge in [0.05, 0.1) is 17.3 Å². The Morgan fingerprint density at radius 1 is 1.24 bits per heavy atom. The number of benzene rings is 1. The van der Waals surface area contributed by atoms with Crippen molar-refractivity contribution in [1.29, 1.82) is 0 Å². The van der Waals surface area contributed by atoms with Crippen molar-refractivity contribution in [2.24, 2.45) is 5.92 Å². The van der Waals surface area contributed by atoms with Gasteiger partial charge in [-0.15, -0.1) is 11.3 Å². The van der Waals surface area contributed by atoms with Gasteiger partial charge in [-0.05, 0) is 43.7 Å². The molecule has 1 saturated carbocycles. The van der Waals surface area contributed by atoms with Crippen molar-refractivity contribution in [1.82, 2.24) is 9.88 Å². The second kappa shape index (κ2) is 7.54. The van der Waals surface area contributed by atoms with E-state index in [2.05, 4.69) is 10.3 Å². The molecule has 0 radical (unpaired) electrons. The predicted octanol–water partition coefficient (Wildman–Crippen LogP) is 4.23.